The van der Waals surface area contributed by atoms with Crippen LogP contribution in [0.5, 0.6) is 0 Å². The molecule has 3 aliphatic rings. The Kier molecular flexibility index (Phi) is 4.30. The summed E-state index contributed by atoms with van der Waals surface area (Å²) in [5.41, 5.74) is 10.2. The Labute approximate surface area is 162 Å². The molecule has 3 atom stereocenters. The first kappa shape index (κ1) is 17.6. The SMILES string of the molecule is Cc1ccc(F)c2c1NC(C(=O)Nc1cccc(C3NNC(C4CC4)O3)c1)C2. The molecule has 5 rings (SSSR count). The molecule has 0 bridgehead atoms. The van der Waals surface area contributed by atoms with E-state index in [2.05, 4.69) is 21.5 Å². The summed E-state index contributed by atoms with van der Waals surface area (Å²) in [7, 11) is 0. The van der Waals surface area contributed by atoms with Crippen LogP contribution in [0.3, 0.4) is 0 Å². The Hall–Kier alpha value is -2.48. The van der Waals surface area contributed by atoms with Gasteiger partial charge in [-0.05, 0) is 55.0 Å². The molecule has 3 unspecified atom stereocenters. The molecule has 6 nitrogen and oxygen atoms in total. The Morgan fingerprint density at radius 3 is 2.86 bits per heavy atom. The molecule has 0 aromatic heterocycles. The van der Waals surface area contributed by atoms with E-state index in [0.29, 0.717) is 23.6 Å². The summed E-state index contributed by atoms with van der Waals surface area (Å²) in [6, 6.07) is 10.3. The Morgan fingerprint density at radius 2 is 2.07 bits per heavy atom. The maximum atomic E-state index is 14.1. The van der Waals surface area contributed by atoms with E-state index in [4.69, 9.17) is 4.74 Å². The first-order valence-corrected chi connectivity index (χ1v) is 9.70. The molecule has 146 valence electrons. The van der Waals surface area contributed by atoms with Gasteiger partial charge >= 0.3 is 0 Å². The molecule has 7 heteroatoms. The van der Waals surface area contributed by atoms with E-state index in [9.17, 15) is 9.18 Å². The first-order chi connectivity index (χ1) is 13.6. The molecule has 2 aromatic rings. The van der Waals surface area contributed by atoms with Gasteiger partial charge in [-0.1, -0.05) is 18.2 Å². The van der Waals surface area contributed by atoms with Crippen molar-refractivity contribution in [3.8, 4) is 0 Å². The average molecular weight is 382 g/mol. The van der Waals surface area contributed by atoms with Crippen LogP contribution in [0.25, 0.3) is 0 Å². The van der Waals surface area contributed by atoms with Gasteiger partial charge in [0.1, 0.15) is 24.3 Å². The lowest BCUT2D eigenvalue weighted by Crippen LogP contribution is -2.33. The molecule has 2 aromatic carbocycles. The molecule has 1 saturated heterocycles. The Balaban J connectivity index is 1.26. The van der Waals surface area contributed by atoms with E-state index in [1.807, 2.05) is 31.2 Å². The van der Waals surface area contributed by atoms with Crippen molar-refractivity contribution in [3.63, 3.8) is 0 Å². The van der Waals surface area contributed by atoms with E-state index in [-0.39, 0.29) is 24.2 Å². The van der Waals surface area contributed by atoms with Gasteiger partial charge < -0.3 is 15.4 Å². The van der Waals surface area contributed by atoms with E-state index >= 15 is 0 Å². The van der Waals surface area contributed by atoms with Crippen molar-refractivity contribution in [2.45, 2.75) is 44.7 Å². The normalized spacial score (nSPS) is 26.0. The molecule has 4 N–H and O–H groups in total. The van der Waals surface area contributed by atoms with E-state index in [0.717, 1.165) is 16.8 Å². The number of anilines is 2. The molecular weight excluding hydrogens is 359 g/mol. The van der Waals surface area contributed by atoms with Gasteiger partial charge in [-0.2, -0.15) is 0 Å². The zero-order valence-corrected chi connectivity index (χ0v) is 15.6. The zero-order valence-electron chi connectivity index (χ0n) is 15.6. The predicted octanol–water partition coefficient (Wildman–Crippen LogP) is 2.97. The van der Waals surface area contributed by atoms with Crippen molar-refractivity contribution in [1.29, 1.82) is 0 Å². The number of amides is 1. The number of nitrogens with one attached hydrogen (secondary N) is 4. The highest BCUT2D eigenvalue weighted by atomic mass is 19.1. The molecule has 0 spiro atoms. The highest BCUT2D eigenvalue weighted by Crippen LogP contribution is 2.37. The minimum absolute atomic E-state index is 0.0441. The van der Waals surface area contributed by atoms with Crippen LogP contribution in [0.2, 0.25) is 0 Å². The monoisotopic (exact) mass is 382 g/mol. The number of carbonyl (C=O) groups is 1. The number of ether oxygens (including phenoxy) is 1. The number of benzene rings is 2. The fourth-order valence-electron chi connectivity index (χ4n) is 3.90. The van der Waals surface area contributed by atoms with Crippen LogP contribution in [0.15, 0.2) is 36.4 Å². The lowest BCUT2D eigenvalue weighted by Gasteiger charge is -2.15. The topological polar surface area (TPSA) is 74.4 Å². The van der Waals surface area contributed by atoms with Gasteiger partial charge in [0.25, 0.3) is 0 Å². The summed E-state index contributed by atoms with van der Waals surface area (Å²) in [5.74, 6) is 0.133. The molecule has 28 heavy (non-hydrogen) atoms. The number of fused-ring (bicyclic) bond motifs is 1. The smallest absolute Gasteiger partial charge is 0.247 e. The van der Waals surface area contributed by atoms with Crippen molar-refractivity contribution in [3.05, 3.63) is 58.9 Å². The summed E-state index contributed by atoms with van der Waals surface area (Å²) in [6.45, 7) is 1.91. The number of hydrogen-bond acceptors (Lipinski definition) is 5. The molecule has 1 saturated carbocycles. The van der Waals surface area contributed by atoms with Gasteiger partial charge in [-0.15, -0.1) is 0 Å². The van der Waals surface area contributed by atoms with Crippen LogP contribution >= 0.6 is 0 Å². The quantitative estimate of drug-likeness (QED) is 0.654. The first-order valence-electron chi connectivity index (χ1n) is 9.70. The highest BCUT2D eigenvalue weighted by molar-refractivity contribution is 5.98. The second-order valence-corrected chi connectivity index (χ2v) is 7.80. The third-order valence-electron chi connectivity index (χ3n) is 5.65. The van der Waals surface area contributed by atoms with Crippen LogP contribution in [0.4, 0.5) is 15.8 Å². The Morgan fingerprint density at radius 1 is 1.21 bits per heavy atom. The molecule has 1 aliphatic carbocycles. The molecule has 2 fully saturated rings. The van der Waals surface area contributed by atoms with E-state index in [1.165, 1.54) is 18.9 Å². The van der Waals surface area contributed by atoms with E-state index in [1.54, 1.807) is 6.07 Å². The molecule has 0 radical (unpaired) electrons. The van der Waals surface area contributed by atoms with Crippen LogP contribution in [0.1, 0.15) is 35.8 Å². The van der Waals surface area contributed by atoms with Gasteiger partial charge in [-0.25, -0.2) is 15.2 Å². The Bertz CT molecular complexity index is 900. The third-order valence-corrected chi connectivity index (χ3v) is 5.65. The minimum Gasteiger partial charge on any atom is -0.373 e. The van der Waals surface area contributed by atoms with Crippen molar-refractivity contribution >= 4 is 17.3 Å². The van der Waals surface area contributed by atoms with Gasteiger partial charge in [0.15, 0.2) is 0 Å². The number of hydrogen-bond donors (Lipinski definition) is 4. The number of aryl methyl sites for hydroxylation is 1. The summed E-state index contributed by atoms with van der Waals surface area (Å²) in [6.07, 6.45) is 2.53. The minimum atomic E-state index is -0.490. The number of carbonyl (C=O) groups excluding carboxylic acids is 1. The fraction of sp³-hybridized carbons (Fsp3) is 0.381. The van der Waals surface area contributed by atoms with Gasteiger partial charge in [0, 0.05) is 23.4 Å². The molecular formula is C21H23FN4O2. The number of halogens is 1. The highest BCUT2D eigenvalue weighted by Gasteiger charge is 2.38. The van der Waals surface area contributed by atoms with Crippen molar-refractivity contribution in [1.82, 2.24) is 10.9 Å². The number of rotatable bonds is 4. The van der Waals surface area contributed by atoms with Crippen LogP contribution in [0, 0.1) is 18.7 Å². The molecule has 1 amide bonds. The average Bonchev–Trinajstić information content (AvgIpc) is 3.24. The summed E-state index contributed by atoms with van der Waals surface area (Å²) in [5, 5.41) is 6.10. The van der Waals surface area contributed by atoms with Crippen LogP contribution < -0.4 is 21.5 Å². The second-order valence-electron chi connectivity index (χ2n) is 7.80. The molecule has 2 heterocycles. The summed E-state index contributed by atoms with van der Waals surface area (Å²) < 4.78 is 20.1. The lowest BCUT2D eigenvalue weighted by atomic mass is 10.1. The van der Waals surface area contributed by atoms with Crippen molar-refractivity contribution in [2.24, 2.45) is 5.92 Å². The largest absolute Gasteiger partial charge is 0.373 e. The van der Waals surface area contributed by atoms with Gasteiger partial charge in [0.05, 0.1) is 0 Å². The number of hydrazine groups is 1. The van der Waals surface area contributed by atoms with E-state index < -0.39 is 6.04 Å². The maximum absolute atomic E-state index is 14.1. The van der Waals surface area contributed by atoms with Crippen LogP contribution in [-0.4, -0.2) is 18.2 Å². The maximum Gasteiger partial charge on any atom is 0.247 e. The zero-order chi connectivity index (χ0) is 19.3. The standard InChI is InChI=1S/C21H23FN4O2/c1-11-5-8-16(22)15-10-17(24-18(11)15)19(27)23-14-4-2-3-13(9-14)21-26-25-20(28-21)12-6-7-12/h2-5,8-9,12,17,20-21,24-26H,6-7,10H2,1H3,(H,23,27). The van der Waals surface area contributed by atoms with Gasteiger partial charge in [0.2, 0.25) is 5.91 Å². The summed E-state index contributed by atoms with van der Waals surface area (Å²) in [4.78, 5) is 12.7. The molecule has 2 aliphatic heterocycles. The van der Waals surface area contributed by atoms with Crippen LogP contribution in [-0.2, 0) is 16.0 Å². The lowest BCUT2D eigenvalue weighted by molar-refractivity contribution is -0.116. The predicted molar refractivity (Wildman–Crippen MR) is 104 cm³/mol. The third kappa shape index (κ3) is 3.26. The van der Waals surface area contributed by atoms with Crippen molar-refractivity contribution < 1.29 is 13.9 Å². The fourth-order valence-corrected chi connectivity index (χ4v) is 3.90. The second kappa shape index (κ2) is 6.84. The van der Waals surface area contributed by atoms with Gasteiger partial charge in [-0.3, -0.25) is 4.79 Å². The van der Waals surface area contributed by atoms with Crippen molar-refractivity contribution in [2.75, 3.05) is 10.6 Å². The summed E-state index contributed by atoms with van der Waals surface area (Å²) >= 11 is 0.